The first-order valence-electron chi connectivity index (χ1n) is 8.49. The van der Waals surface area contributed by atoms with Gasteiger partial charge in [0.2, 0.25) is 0 Å². The molecular formula is C22H21NO3. The Hall–Kier alpha value is -3.11. The van der Waals surface area contributed by atoms with Crippen molar-refractivity contribution in [2.45, 2.75) is 19.3 Å². The minimum atomic E-state index is -1.19. The van der Waals surface area contributed by atoms with E-state index < -0.39 is 12.0 Å². The number of carbonyl (C=O) groups is 1. The molecule has 0 aliphatic rings. The first-order chi connectivity index (χ1) is 12.7. The maximum atomic E-state index is 12.2. The van der Waals surface area contributed by atoms with Gasteiger partial charge in [0.25, 0.3) is 5.91 Å². The van der Waals surface area contributed by atoms with Crippen molar-refractivity contribution in [1.82, 2.24) is 5.32 Å². The van der Waals surface area contributed by atoms with Crippen molar-refractivity contribution >= 4 is 5.91 Å². The first-order valence-corrected chi connectivity index (χ1v) is 8.49. The molecule has 2 N–H and O–H groups in total. The van der Waals surface area contributed by atoms with Crippen molar-refractivity contribution < 1.29 is 14.6 Å². The number of ether oxygens (including phenoxy) is 1. The number of rotatable bonds is 7. The van der Waals surface area contributed by atoms with Crippen molar-refractivity contribution in [2.75, 3.05) is 0 Å². The number of hydrogen-bond donors (Lipinski definition) is 2. The molecule has 4 nitrogen and oxygen atoms in total. The average Bonchev–Trinajstić information content (AvgIpc) is 2.72. The molecule has 0 bridgehead atoms. The average molecular weight is 347 g/mol. The summed E-state index contributed by atoms with van der Waals surface area (Å²) in [4.78, 5) is 12.2. The van der Waals surface area contributed by atoms with Crippen LogP contribution in [-0.2, 0) is 17.9 Å². The molecule has 0 radical (unpaired) electrons. The number of aliphatic hydroxyl groups excluding tert-OH is 1. The summed E-state index contributed by atoms with van der Waals surface area (Å²) < 4.78 is 5.89. The maximum Gasteiger partial charge on any atom is 0.253 e. The number of hydrogen-bond acceptors (Lipinski definition) is 3. The Kier molecular flexibility index (Phi) is 6.01. The summed E-state index contributed by atoms with van der Waals surface area (Å²) in [7, 11) is 0. The summed E-state index contributed by atoms with van der Waals surface area (Å²) in [5.74, 6) is 0.278. The van der Waals surface area contributed by atoms with Crippen LogP contribution in [0.5, 0.6) is 5.75 Å². The molecule has 0 unspecified atom stereocenters. The number of amides is 1. The molecule has 1 amide bonds. The minimum absolute atomic E-state index is 0.285. The van der Waals surface area contributed by atoms with E-state index in [4.69, 9.17) is 4.74 Å². The Labute approximate surface area is 153 Å². The van der Waals surface area contributed by atoms with E-state index in [0.717, 1.165) is 11.1 Å². The molecule has 0 spiro atoms. The van der Waals surface area contributed by atoms with E-state index in [1.165, 1.54) is 0 Å². The Balaban J connectivity index is 1.60. The summed E-state index contributed by atoms with van der Waals surface area (Å²) in [6.07, 6.45) is -1.19. The lowest BCUT2D eigenvalue weighted by molar-refractivity contribution is -0.129. The van der Waals surface area contributed by atoms with Crippen molar-refractivity contribution in [1.29, 1.82) is 0 Å². The van der Waals surface area contributed by atoms with Crippen LogP contribution in [0.25, 0.3) is 0 Å². The Bertz CT molecular complexity index is 834. The fourth-order valence-corrected chi connectivity index (χ4v) is 2.59. The molecule has 132 valence electrons. The third-order valence-electron chi connectivity index (χ3n) is 4.03. The van der Waals surface area contributed by atoms with E-state index in [0.29, 0.717) is 17.9 Å². The predicted octanol–water partition coefficient (Wildman–Crippen LogP) is 3.62. The molecule has 26 heavy (non-hydrogen) atoms. The van der Waals surface area contributed by atoms with Gasteiger partial charge in [-0.25, -0.2) is 0 Å². The van der Waals surface area contributed by atoms with Gasteiger partial charge in [0.15, 0.2) is 6.10 Å². The Morgan fingerprint density at radius 3 is 2.23 bits per heavy atom. The van der Waals surface area contributed by atoms with Gasteiger partial charge in [-0.05, 0) is 17.2 Å². The van der Waals surface area contributed by atoms with Crippen molar-refractivity contribution in [3.05, 3.63) is 102 Å². The monoisotopic (exact) mass is 347 g/mol. The van der Waals surface area contributed by atoms with Gasteiger partial charge in [0.1, 0.15) is 12.4 Å². The highest BCUT2D eigenvalue weighted by atomic mass is 16.5. The van der Waals surface area contributed by atoms with Crippen LogP contribution in [0.1, 0.15) is 22.8 Å². The van der Waals surface area contributed by atoms with Gasteiger partial charge in [0, 0.05) is 12.1 Å². The smallest absolute Gasteiger partial charge is 0.253 e. The molecule has 0 saturated carbocycles. The third-order valence-corrected chi connectivity index (χ3v) is 4.03. The molecule has 0 saturated heterocycles. The van der Waals surface area contributed by atoms with E-state index in [1.807, 2.05) is 60.7 Å². The molecule has 1 atom stereocenters. The molecule has 0 heterocycles. The zero-order chi connectivity index (χ0) is 18.2. The normalized spacial score (nSPS) is 11.6. The fraction of sp³-hybridized carbons (Fsp3) is 0.136. The van der Waals surface area contributed by atoms with Gasteiger partial charge in [-0.2, -0.15) is 0 Å². The Morgan fingerprint density at radius 1 is 0.885 bits per heavy atom. The fourth-order valence-electron chi connectivity index (χ4n) is 2.59. The van der Waals surface area contributed by atoms with Gasteiger partial charge in [-0.1, -0.05) is 78.9 Å². The Morgan fingerprint density at radius 2 is 1.50 bits per heavy atom. The van der Waals surface area contributed by atoms with Gasteiger partial charge in [0.05, 0.1) is 0 Å². The number of benzene rings is 3. The van der Waals surface area contributed by atoms with E-state index in [1.54, 1.807) is 24.3 Å². The van der Waals surface area contributed by atoms with E-state index in [2.05, 4.69) is 5.32 Å². The molecule has 0 aliphatic carbocycles. The van der Waals surface area contributed by atoms with E-state index in [-0.39, 0.29) is 6.54 Å². The highest BCUT2D eigenvalue weighted by Crippen LogP contribution is 2.20. The second kappa shape index (κ2) is 8.83. The zero-order valence-electron chi connectivity index (χ0n) is 14.3. The van der Waals surface area contributed by atoms with Gasteiger partial charge < -0.3 is 15.2 Å². The van der Waals surface area contributed by atoms with Crippen LogP contribution < -0.4 is 10.1 Å². The van der Waals surface area contributed by atoms with Crippen molar-refractivity contribution in [2.24, 2.45) is 0 Å². The highest BCUT2D eigenvalue weighted by Gasteiger charge is 2.17. The molecule has 0 fully saturated rings. The summed E-state index contributed by atoms with van der Waals surface area (Å²) in [5, 5.41) is 12.9. The van der Waals surface area contributed by atoms with Crippen LogP contribution in [0.4, 0.5) is 0 Å². The number of carbonyl (C=O) groups excluding carboxylic acids is 1. The highest BCUT2D eigenvalue weighted by molar-refractivity contribution is 5.81. The minimum Gasteiger partial charge on any atom is -0.489 e. The lowest BCUT2D eigenvalue weighted by Gasteiger charge is -2.14. The molecular weight excluding hydrogens is 326 g/mol. The molecule has 3 aromatic carbocycles. The summed E-state index contributed by atoms with van der Waals surface area (Å²) in [5.41, 5.74) is 2.50. The lowest BCUT2D eigenvalue weighted by atomic mass is 10.1. The van der Waals surface area contributed by atoms with E-state index >= 15 is 0 Å². The van der Waals surface area contributed by atoms with Crippen LogP contribution in [0.15, 0.2) is 84.9 Å². The van der Waals surface area contributed by atoms with Crippen LogP contribution in [-0.4, -0.2) is 11.0 Å². The van der Waals surface area contributed by atoms with E-state index in [9.17, 15) is 9.90 Å². The molecule has 3 aromatic rings. The molecule has 3 rings (SSSR count). The number of nitrogens with one attached hydrogen (secondary N) is 1. The number of aliphatic hydroxyl groups is 1. The van der Waals surface area contributed by atoms with Gasteiger partial charge in [-0.3, -0.25) is 4.79 Å². The topological polar surface area (TPSA) is 58.6 Å². The summed E-state index contributed by atoms with van der Waals surface area (Å²) in [6.45, 7) is 0.742. The molecule has 0 aromatic heterocycles. The van der Waals surface area contributed by atoms with Crippen molar-refractivity contribution in [3.8, 4) is 5.75 Å². The standard InChI is InChI=1S/C22H21NO3/c24-21(18-11-5-2-6-12-18)22(25)23-15-19-13-7-8-14-20(19)26-16-17-9-3-1-4-10-17/h1-14,21,24H,15-16H2,(H,23,25)/t21-/m1/s1. The molecule has 4 heteroatoms. The quantitative estimate of drug-likeness (QED) is 0.686. The first kappa shape index (κ1) is 17.7. The van der Waals surface area contributed by atoms with Gasteiger partial charge in [-0.15, -0.1) is 0 Å². The largest absolute Gasteiger partial charge is 0.489 e. The van der Waals surface area contributed by atoms with Crippen LogP contribution in [0.3, 0.4) is 0 Å². The zero-order valence-corrected chi connectivity index (χ0v) is 14.3. The predicted molar refractivity (Wildman–Crippen MR) is 100 cm³/mol. The molecule has 0 aliphatic heterocycles. The van der Waals surface area contributed by atoms with Crippen LogP contribution >= 0.6 is 0 Å². The third kappa shape index (κ3) is 4.71. The van der Waals surface area contributed by atoms with Crippen molar-refractivity contribution in [3.63, 3.8) is 0 Å². The SMILES string of the molecule is O=C(NCc1ccccc1OCc1ccccc1)[C@H](O)c1ccccc1. The lowest BCUT2D eigenvalue weighted by Crippen LogP contribution is -2.29. The second-order valence-electron chi connectivity index (χ2n) is 5.91. The van der Waals surface area contributed by atoms with Crippen LogP contribution in [0.2, 0.25) is 0 Å². The van der Waals surface area contributed by atoms with Crippen LogP contribution in [0, 0.1) is 0 Å². The number of para-hydroxylation sites is 1. The summed E-state index contributed by atoms with van der Waals surface area (Å²) in [6, 6.07) is 26.3. The second-order valence-corrected chi connectivity index (χ2v) is 5.91. The summed E-state index contributed by atoms with van der Waals surface area (Å²) >= 11 is 0. The maximum absolute atomic E-state index is 12.2. The van der Waals surface area contributed by atoms with Gasteiger partial charge >= 0.3 is 0 Å².